The monoisotopic (exact) mass is 278 g/mol. The fraction of sp³-hybridized carbons (Fsp3) is 0.0714. The van der Waals surface area contributed by atoms with Crippen LogP contribution in [0.3, 0.4) is 0 Å². The second-order valence-corrected chi connectivity index (χ2v) is 4.40. The van der Waals surface area contributed by atoms with Crippen molar-refractivity contribution >= 4 is 28.8 Å². The van der Waals surface area contributed by atoms with E-state index in [1.54, 1.807) is 18.2 Å². The number of hydrogen-bond donors (Lipinski definition) is 2. The Labute approximate surface area is 115 Å². The summed E-state index contributed by atoms with van der Waals surface area (Å²) in [5, 5.41) is 3.47. The molecule has 0 aliphatic rings. The summed E-state index contributed by atoms with van der Waals surface area (Å²) in [5.74, 6) is -0.720. The largest absolute Gasteiger partial charge is 0.396 e. The van der Waals surface area contributed by atoms with Gasteiger partial charge in [0, 0.05) is 5.56 Å². The lowest BCUT2D eigenvalue weighted by Crippen LogP contribution is -2.14. The van der Waals surface area contributed by atoms with Gasteiger partial charge in [-0.2, -0.15) is 0 Å². The van der Waals surface area contributed by atoms with Crippen LogP contribution in [0.15, 0.2) is 42.5 Å². The van der Waals surface area contributed by atoms with Gasteiger partial charge in [-0.1, -0.05) is 23.7 Å². The third kappa shape index (κ3) is 3.23. The Morgan fingerprint density at radius 1 is 1.26 bits per heavy atom. The average molecular weight is 279 g/mol. The van der Waals surface area contributed by atoms with E-state index in [9.17, 15) is 9.18 Å². The first-order valence-corrected chi connectivity index (χ1v) is 6.02. The van der Waals surface area contributed by atoms with Crippen LogP contribution in [-0.2, 0) is 0 Å². The molecule has 0 radical (unpaired) electrons. The van der Waals surface area contributed by atoms with Crippen molar-refractivity contribution in [2.45, 2.75) is 0 Å². The topological polar surface area (TPSA) is 55.1 Å². The number of hydrogen-bond acceptors (Lipinski definition) is 3. The van der Waals surface area contributed by atoms with Crippen molar-refractivity contribution in [3.8, 4) is 0 Å². The normalized spacial score (nSPS) is 10.2. The summed E-state index contributed by atoms with van der Waals surface area (Å²) in [4.78, 5) is 11.9. The number of carbonyl (C=O) groups is 1. The maximum Gasteiger partial charge on any atom is 0.181 e. The third-order valence-electron chi connectivity index (χ3n) is 2.63. The fourth-order valence-corrected chi connectivity index (χ4v) is 1.80. The molecule has 0 fully saturated rings. The lowest BCUT2D eigenvalue weighted by Gasteiger charge is -2.08. The first-order chi connectivity index (χ1) is 9.08. The highest BCUT2D eigenvalue weighted by Gasteiger charge is 2.09. The van der Waals surface area contributed by atoms with E-state index in [0.717, 1.165) is 0 Å². The number of nitrogen functional groups attached to an aromatic ring is 1. The number of nitrogens with two attached hydrogens (primary N) is 1. The predicted molar refractivity (Wildman–Crippen MR) is 75.1 cm³/mol. The number of anilines is 2. The zero-order valence-electron chi connectivity index (χ0n) is 9.99. The molecule has 2 aromatic carbocycles. The number of carbonyl (C=O) groups excluding carboxylic acids is 1. The van der Waals surface area contributed by atoms with E-state index in [1.807, 2.05) is 6.07 Å². The van der Waals surface area contributed by atoms with Crippen LogP contribution in [0.5, 0.6) is 0 Å². The molecule has 19 heavy (non-hydrogen) atoms. The van der Waals surface area contributed by atoms with E-state index in [-0.39, 0.29) is 18.0 Å². The molecule has 0 saturated heterocycles. The number of halogens is 2. The Hall–Kier alpha value is -2.07. The van der Waals surface area contributed by atoms with Crippen LogP contribution in [0.2, 0.25) is 5.02 Å². The van der Waals surface area contributed by atoms with E-state index in [1.165, 1.54) is 18.2 Å². The molecule has 0 aromatic heterocycles. The van der Waals surface area contributed by atoms with Gasteiger partial charge in [-0.3, -0.25) is 4.79 Å². The number of para-hydroxylation sites is 1. The predicted octanol–water partition coefficient (Wildman–Crippen LogP) is 3.36. The molecule has 5 heteroatoms. The quantitative estimate of drug-likeness (QED) is 0.666. The highest BCUT2D eigenvalue weighted by molar-refractivity contribution is 6.33. The Kier molecular flexibility index (Phi) is 4.02. The molecule has 0 saturated carbocycles. The van der Waals surface area contributed by atoms with Crippen molar-refractivity contribution in [2.24, 2.45) is 0 Å². The van der Waals surface area contributed by atoms with Crippen molar-refractivity contribution in [1.29, 1.82) is 0 Å². The van der Waals surface area contributed by atoms with E-state index in [4.69, 9.17) is 17.3 Å². The number of rotatable bonds is 4. The standard InChI is InChI=1S/C14H12ClFN2O/c15-10-3-1-2-4-13(10)18-8-14(19)9-5-6-11(16)12(17)7-9/h1-7,18H,8,17H2. The Morgan fingerprint density at radius 3 is 2.68 bits per heavy atom. The molecule has 0 aliphatic carbocycles. The Morgan fingerprint density at radius 2 is 2.00 bits per heavy atom. The Balaban J connectivity index is 2.05. The van der Waals surface area contributed by atoms with Gasteiger partial charge >= 0.3 is 0 Å². The molecular formula is C14H12ClFN2O. The highest BCUT2D eigenvalue weighted by Crippen LogP contribution is 2.20. The van der Waals surface area contributed by atoms with Crippen LogP contribution in [-0.4, -0.2) is 12.3 Å². The first-order valence-electron chi connectivity index (χ1n) is 5.64. The van der Waals surface area contributed by atoms with Gasteiger partial charge in [0.15, 0.2) is 5.78 Å². The maximum absolute atomic E-state index is 13.0. The van der Waals surface area contributed by atoms with Gasteiger partial charge in [-0.25, -0.2) is 4.39 Å². The summed E-state index contributed by atoms with van der Waals surface area (Å²) in [7, 11) is 0. The summed E-state index contributed by atoms with van der Waals surface area (Å²) in [6, 6.07) is 11.0. The van der Waals surface area contributed by atoms with E-state index in [0.29, 0.717) is 16.3 Å². The van der Waals surface area contributed by atoms with Crippen molar-refractivity contribution in [3.63, 3.8) is 0 Å². The molecule has 0 aliphatic heterocycles. The van der Waals surface area contributed by atoms with Gasteiger partial charge in [0.1, 0.15) is 5.82 Å². The van der Waals surface area contributed by atoms with Gasteiger partial charge in [-0.05, 0) is 30.3 Å². The number of benzene rings is 2. The summed E-state index contributed by atoms with van der Waals surface area (Å²) < 4.78 is 13.0. The third-order valence-corrected chi connectivity index (χ3v) is 2.96. The molecule has 0 amide bonds. The van der Waals surface area contributed by atoms with E-state index >= 15 is 0 Å². The molecule has 98 valence electrons. The molecule has 2 rings (SSSR count). The minimum absolute atomic E-state index is 0.0383. The molecule has 3 nitrogen and oxygen atoms in total. The molecule has 0 heterocycles. The van der Waals surface area contributed by atoms with E-state index < -0.39 is 5.82 Å². The highest BCUT2D eigenvalue weighted by atomic mass is 35.5. The van der Waals surface area contributed by atoms with Crippen LogP contribution in [0, 0.1) is 5.82 Å². The zero-order valence-corrected chi connectivity index (χ0v) is 10.7. The lowest BCUT2D eigenvalue weighted by atomic mass is 10.1. The summed E-state index contributed by atoms with van der Waals surface area (Å²) in [5.41, 5.74) is 6.42. The van der Waals surface area contributed by atoms with Crippen molar-refractivity contribution < 1.29 is 9.18 Å². The van der Waals surface area contributed by atoms with Gasteiger partial charge in [0.05, 0.1) is 22.9 Å². The SMILES string of the molecule is Nc1cc(C(=O)CNc2ccccc2Cl)ccc1F. The molecule has 0 spiro atoms. The summed E-state index contributed by atoms with van der Waals surface area (Å²) in [6.07, 6.45) is 0. The molecular weight excluding hydrogens is 267 g/mol. The molecule has 0 bridgehead atoms. The van der Waals surface area contributed by atoms with Crippen molar-refractivity contribution in [3.05, 3.63) is 58.9 Å². The second-order valence-electron chi connectivity index (χ2n) is 3.99. The zero-order chi connectivity index (χ0) is 13.8. The fourth-order valence-electron chi connectivity index (χ4n) is 1.60. The van der Waals surface area contributed by atoms with Crippen LogP contribution >= 0.6 is 11.6 Å². The first kappa shape index (κ1) is 13.4. The molecule has 3 N–H and O–H groups in total. The van der Waals surface area contributed by atoms with Crippen molar-refractivity contribution in [1.82, 2.24) is 0 Å². The molecule has 0 unspecified atom stereocenters. The second kappa shape index (κ2) is 5.71. The van der Waals surface area contributed by atoms with Crippen molar-refractivity contribution in [2.75, 3.05) is 17.6 Å². The lowest BCUT2D eigenvalue weighted by molar-refractivity contribution is 0.101. The summed E-state index contributed by atoms with van der Waals surface area (Å²) >= 11 is 5.96. The minimum Gasteiger partial charge on any atom is -0.396 e. The number of nitrogens with one attached hydrogen (secondary N) is 1. The van der Waals surface area contributed by atoms with Crippen LogP contribution < -0.4 is 11.1 Å². The van der Waals surface area contributed by atoms with Crippen LogP contribution in [0.4, 0.5) is 15.8 Å². The Bertz CT molecular complexity index is 616. The van der Waals surface area contributed by atoms with Gasteiger partial charge < -0.3 is 11.1 Å². The van der Waals surface area contributed by atoms with Gasteiger partial charge in [0.25, 0.3) is 0 Å². The van der Waals surface area contributed by atoms with Gasteiger partial charge in [-0.15, -0.1) is 0 Å². The van der Waals surface area contributed by atoms with Crippen LogP contribution in [0.1, 0.15) is 10.4 Å². The number of Topliss-reactive ketones (excluding diaryl/α,β-unsaturated/α-hetero) is 1. The van der Waals surface area contributed by atoms with Crippen LogP contribution in [0.25, 0.3) is 0 Å². The molecule has 0 atom stereocenters. The minimum atomic E-state index is -0.532. The molecule has 2 aromatic rings. The maximum atomic E-state index is 13.0. The number of ketones is 1. The van der Waals surface area contributed by atoms with E-state index in [2.05, 4.69) is 5.32 Å². The smallest absolute Gasteiger partial charge is 0.181 e. The summed E-state index contributed by atoms with van der Waals surface area (Å²) in [6.45, 7) is 0.0643. The van der Waals surface area contributed by atoms with Gasteiger partial charge in [0.2, 0.25) is 0 Å². The average Bonchev–Trinajstić information content (AvgIpc) is 2.40.